The van der Waals surface area contributed by atoms with Crippen molar-refractivity contribution in [3.8, 4) is 0 Å². The second-order valence-electron chi connectivity index (χ2n) is 3.83. The van der Waals surface area contributed by atoms with Crippen LogP contribution in [0.1, 0.15) is 24.5 Å². The van der Waals surface area contributed by atoms with Crippen LogP contribution in [0.25, 0.3) is 0 Å². The van der Waals surface area contributed by atoms with Gasteiger partial charge < -0.3 is 10.8 Å². The fourth-order valence-corrected chi connectivity index (χ4v) is 1.80. The van der Waals surface area contributed by atoms with Crippen LogP contribution in [-0.4, -0.2) is 11.7 Å². The Morgan fingerprint density at radius 2 is 2.14 bits per heavy atom. The van der Waals surface area contributed by atoms with Gasteiger partial charge in [0, 0.05) is 17.2 Å². The SMILES string of the molecule is Cc1cccc([C@](C)(N)CCO)c1Cl. The highest BCUT2D eigenvalue weighted by Crippen LogP contribution is 2.30. The third-order valence-electron chi connectivity index (χ3n) is 2.44. The molecule has 0 saturated carbocycles. The molecular formula is C11H16ClNO. The number of hydrogen-bond acceptors (Lipinski definition) is 2. The molecule has 0 radical (unpaired) electrons. The minimum Gasteiger partial charge on any atom is -0.396 e. The Balaban J connectivity index is 3.12. The standard InChI is InChI=1S/C11H16ClNO/c1-8-4-3-5-9(10(8)12)11(2,13)6-7-14/h3-5,14H,6-7,13H2,1-2H3/t11-/m1/s1. The third kappa shape index (κ3) is 2.27. The molecule has 0 aromatic heterocycles. The molecule has 78 valence electrons. The first-order valence-corrected chi connectivity index (χ1v) is 5.02. The zero-order valence-electron chi connectivity index (χ0n) is 8.55. The molecule has 0 bridgehead atoms. The molecule has 0 amide bonds. The fraction of sp³-hybridized carbons (Fsp3) is 0.455. The fourth-order valence-electron chi connectivity index (χ4n) is 1.46. The highest BCUT2D eigenvalue weighted by molar-refractivity contribution is 6.32. The summed E-state index contributed by atoms with van der Waals surface area (Å²) in [5.74, 6) is 0. The molecule has 1 rings (SSSR count). The van der Waals surface area contributed by atoms with Crippen molar-refractivity contribution in [3.63, 3.8) is 0 Å². The molecule has 1 aromatic carbocycles. The van der Waals surface area contributed by atoms with E-state index in [4.69, 9.17) is 22.4 Å². The van der Waals surface area contributed by atoms with Crippen LogP contribution in [0.3, 0.4) is 0 Å². The third-order valence-corrected chi connectivity index (χ3v) is 2.94. The lowest BCUT2D eigenvalue weighted by Crippen LogP contribution is -2.34. The molecule has 1 atom stereocenters. The van der Waals surface area contributed by atoms with Gasteiger partial charge in [0.2, 0.25) is 0 Å². The highest BCUT2D eigenvalue weighted by Gasteiger charge is 2.23. The molecule has 0 heterocycles. The molecule has 0 fully saturated rings. The zero-order chi connectivity index (χ0) is 10.8. The topological polar surface area (TPSA) is 46.2 Å². The van der Waals surface area contributed by atoms with Gasteiger partial charge in [-0.25, -0.2) is 0 Å². The van der Waals surface area contributed by atoms with Crippen LogP contribution in [0.15, 0.2) is 18.2 Å². The van der Waals surface area contributed by atoms with E-state index in [2.05, 4.69) is 0 Å². The van der Waals surface area contributed by atoms with Crippen LogP contribution in [-0.2, 0) is 5.54 Å². The molecule has 0 aliphatic heterocycles. The van der Waals surface area contributed by atoms with Gasteiger partial charge in [0.05, 0.1) is 0 Å². The Bertz CT molecular complexity index is 323. The summed E-state index contributed by atoms with van der Waals surface area (Å²) in [5, 5.41) is 9.60. The minimum atomic E-state index is -0.558. The van der Waals surface area contributed by atoms with Crippen LogP contribution in [0, 0.1) is 6.92 Å². The molecular weight excluding hydrogens is 198 g/mol. The summed E-state index contributed by atoms with van der Waals surface area (Å²) in [5.41, 5.74) is 7.43. The average molecular weight is 214 g/mol. The Hall–Kier alpha value is -0.570. The Morgan fingerprint density at radius 1 is 1.50 bits per heavy atom. The first kappa shape index (κ1) is 11.5. The summed E-state index contributed by atoms with van der Waals surface area (Å²) >= 11 is 6.15. The summed E-state index contributed by atoms with van der Waals surface area (Å²) in [6, 6.07) is 5.78. The largest absolute Gasteiger partial charge is 0.396 e. The first-order chi connectivity index (χ1) is 6.49. The molecule has 2 nitrogen and oxygen atoms in total. The van der Waals surface area contributed by atoms with E-state index in [1.807, 2.05) is 32.0 Å². The highest BCUT2D eigenvalue weighted by atomic mass is 35.5. The average Bonchev–Trinajstić information content (AvgIpc) is 2.09. The Morgan fingerprint density at radius 3 is 2.71 bits per heavy atom. The number of rotatable bonds is 3. The van der Waals surface area contributed by atoms with Gasteiger partial charge in [-0.1, -0.05) is 29.8 Å². The van der Waals surface area contributed by atoms with Crippen molar-refractivity contribution in [3.05, 3.63) is 34.3 Å². The molecule has 14 heavy (non-hydrogen) atoms. The summed E-state index contributed by atoms with van der Waals surface area (Å²) in [6.07, 6.45) is 0.510. The van der Waals surface area contributed by atoms with E-state index in [0.29, 0.717) is 11.4 Å². The number of aliphatic hydroxyl groups is 1. The predicted molar refractivity (Wildman–Crippen MR) is 59.4 cm³/mol. The Kier molecular flexibility index (Phi) is 3.53. The maximum atomic E-state index is 8.90. The number of aryl methyl sites for hydroxylation is 1. The number of hydrogen-bond donors (Lipinski definition) is 2. The lowest BCUT2D eigenvalue weighted by atomic mass is 9.89. The maximum Gasteiger partial charge on any atom is 0.0485 e. The van der Waals surface area contributed by atoms with E-state index >= 15 is 0 Å². The van der Waals surface area contributed by atoms with Gasteiger partial charge in [-0.2, -0.15) is 0 Å². The van der Waals surface area contributed by atoms with Crippen molar-refractivity contribution >= 4 is 11.6 Å². The lowest BCUT2D eigenvalue weighted by molar-refractivity contribution is 0.247. The number of benzene rings is 1. The van der Waals surface area contributed by atoms with Gasteiger partial charge >= 0.3 is 0 Å². The summed E-state index contributed by atoms with van der Waals surface area (Å²) in [4.78, 5) is 0. The van der Waals surface area contributed by atoms with Crippen molar-refractivity contribution in [2.75, 3.05) is 6.61 Å². The van der Waals surface area contributed by atoms with Crippen molar-refractivity contribution in [2.45, 2.75) is 25.8 Å². The second kappa shape index (κ2) is 4.30. The van der Waals surface area contributed by atoms with E-state index in [1.165, 1.54) is 0 Å². The Labute approximate surface area is 89.7 Å². The summed E-state index contributed by atoms with van der Waals surface area (Å²) < 4.78 is 0. The maximum absolute atomic E-state index is 8.90. The van der Waals surface area contributed by atoms with Crippen LogP contribution in [0.4, 0.5) is 0 Å². The van der Waals surface area contributed by atoms with E-state index in [1.54, 1.807) is 0 Å². The van der Waals surface area contributed by atoms with Crippen molar-refractivity contribution in [2.24, 2.45) is 5.73 Å². The van der Waals surface area contributed by atoms with Gasteiger partial charge in [0.25, 0.3) is 0 Å². The van der Waals surface area contributed by atoms with E-state index in [-0.39, 0.29) is 6.61 Å². The van der Waals surface area contributed by atoms with Crippen molar-refractivity contribution in [1.82, 2.24) is 0 Å². The molecule has 1 aromatic rings. The lowest BCUT2D eigenvalue weighted by Gasteiger charge is -2.26. The van der Waals surface area contributed by atoms with Gasteiger partial charge in [-0.15, -0.1) is 0 Å². The van der Waals surface area contributed by atoms with E-state index in [0.717, 1.165) is 11.1 Å². The molecule has 0 aliphatic carbocycles. The predicted octanol–water partition coefficient (Wildman–Crippen LogP) is 2.20. The normalized spacial score (nSPS) is 15.2. The number of aliphatic hydroxyl groups excluding tert-OH is 1. The van der Waals surface area contributed by atoms with Crippen LogP contribution in [0.5, 0.6) is 0 Å². The van der Waals surface area contributed by atoms with Crippen molar-refractivity contribution in [1.29, 1.82) is 0 Å². The molecule has 0 aliphatic rings. The number of halogens is 1. The van der Waals surface area contributed by atoms with Crippen LogP contribution >= 0.6 is 11.6 Å². The molecule has 3 heteroatoms. The van der Waals surface area contributed by atoms with E-state index < -0.39 is 5.54 Å². The zero-order valence-corrected chi connectivity index (χ0v) is 9.30. The van der Waals surface area contributed by atoms with Crippen LogP contribution in [0.2, 0.25) is 5.02 Å². The first-order valence-electron chi connectivity index (χ1n) is 4.64. The molecule has 0 unspecified atom stereocenters. The van der Waals surface area contributed by atoms with Gasteiger partial charge in [0.1, 0.15) is 0 Å². The van der Waals surface area contributed by atoms with Gasteiger partial charge in [0.15, 0.2) is 0 Å². The second-order valence-corrected chi connectivity index (χ2v) is 4.21. The van der Waals surface area contributed by atoms with E-state index in [9.17, 15) is 0 Å². The molecule has 0 saturated heterocycles. The summed E-state index contributed by atoms with van der Waals surface area (Å²) in [6.45, 7) is 3.89. The minimum absolute atomic E-state index is 0.0667. The molecule has 0 spiro atoms. The summed E-state index contributed by atoms with van der Waals surface area (Å²) in [7, 11) is 0. The monoisotopic (exact) mass is 213 g/mol. The van der Waals surface area contributed by atoms with Gasteiger partial charge in [-0.05, 0) is 31.4 Å². The molecule has 3 N–H and O–H groups in total. The van der Waals surface area contributed by atoms with Gasteiger partial charge in [-0.3, -0.25) is 0 Å². The number of nitrogens with two attached hydrogens (primary N) is 1. The van der Waals surface area contributed by atoms with Crippen molar-refractivity contribution < 1.29 is 5.11 Å². The quantitative estimate of drug-likeness (QED) is 0.809. The smallest absolute Gasteiger partial charge is 0.0485 e. The van der Waals surface area contributed by atoms with Crippen LogP contribution < -0.4 is 5.73 Å².